The van der Waals surface area contributed by atoms with Gasteiger partial charge in [-0.2, -0.15) is 11.8 Å². The molecule has 0 bridgehead atoms. The summed E-state index contributed by atoms with van der Waals surface area (Å²) in [4.78, 5) is 10.8. The first-order valence-corrected chi connectivity index (χ1v) is 7.33. The van der Waals surface area contributed by atoms with Crippen LogP contribution in [0.15, 0.2) is 48.5 Å². The summed E-state index contributed by atoms with van der Waals surface area (Å²) in [5.74, 6) is 0.733. The second kappa shape index (κ2) is 6.64. The van der Waals surface area contributed by atoms with Gasteiger partial charge in [-0.25, -0.2) is 4.79 Å². The molecule has 2 aromatic rings. The molecule has 0 unspecified atom stereocenters. The summed E-state index contributed by atoms with van der Waals surface area (Å²) in [6.07, 6.45) is 0. The molecule has 0 spiro atoms. The number of hydrogen-bond acceptors (Lipinski definition) is 2. The molecule has 98 valence electrons. The first-order valence-electron chi connectivity index (χ1n) is 5.80. The zero-order chi connectivity index (χ0) is 13.7. The van der Waals surface area contributed by atoms with Crippen molar-refractivity contribution in [3.05, 3.63) is 70.2 Å². The number of carboxylic acids is 1. The lowest BCUT2D eigenvalue weighted by Gasteiger charge is -2.05. The van der Waals surface area contributed by atoms with Gasteiger partial charge in [-0.1, -0.05) is 48.0 Å². The predicted octanol–water partition coefficient (Wildman–Crippen LogP) is 4.47. The minimum Gasteiger partial charge on any atom is -0.478 e. The SMILES string of the molecule is O=C(O)c1ccc(CSCc2ccccc2)c(Cl)c1. The highest BCUT2D eigenvalue weighted by atomic mass is 35.5. The number of rotatable bonds is 5. The van der Waals surface area contributed by atoms with E-state index in [1.54, 1.807) is 23.9 Å². The number of hydrogen-bond donors (Lipinski definition) is 1. The van der Waals surface area contributed by atoms with Gasteiger partial charge in [0.15, 0.2) is 0 Å². The van der Waals surface area contributed by atoms with Gasteiger partial charge in [0.05, 0.1) is 5.56 Å². The number of benzene rings is 2. The number of carbonyl (C=O) groups is 1. The number of aromatic carboxylic acids is 1. The van der Waals surface area contributed by atoms with Crippen molar-refractivity contribution in [1.82, 2.24) is 0 Å². The molecular formula is C15H13ClO2S. The Balaban J connectivity index is 1.95. The van der Waals surface area contributed by atoms with Crippen LogP contribution in [0.1, 0.15) is 21.5 Å². The van der Waals surface area contributed by atoms with Crippen LogP contribution < -0.4 is 0 Å². The largest absolute Gasteiger partial charge is 0.478 e. The Kier molecular flexibility index (Phi) is 4.88. The van der Waals surface area contributed by atoms with Crippen molar-refractivity contribution in [2.24, 2.45) is 0 Å². The van der Waals surface area contributed by atoms with E-state index in [9.17, 15) is 4.79 Å². The molecule has 1 N–H and O–H groups in total. The fourth-order valence-corrected chi connectivity index (χ4v) is 2.98. The quantitative estimate of drug-likeness (QED) is 0.883. The molecular weight excluding hydrogens is 280 g/mol. The van der Waals surface area contributed by atoms with Crippen molar-refractivity contribution in [3.8, 4) is 0 Å². The van der Waals surface area contributed by atoms with Crippen LogP contribution in [0.5, 0.6) is 0 Å². The standard InChI is InChI=1S/C15H13ClO2S/c16-14-8-12(15(17)18)6-7-13(14)10-19-9-11-4-2-1-3-5-11/h1-8H,9-10H2,(H,17,18). The topological polar surface area (TPSA) is 37.3 Å². The van der Waals surface area contributed by atoms with Gasteiger partial charge < -0.3 is 5.11 Å². The molecule has 0 aliphatic carbocycles. The Morgan fingerprint density at radius 3 is 2.47 bits per heavy atom. The summed E-state index contributed by atoms with van der Waals surface area (Å²) < 4.78 is 0. The lowest BCUT2D eigenvalue weighted by Crippen LogP contribution is -1.96. The Bertz CT molecular complexity index is 570. The molecule has 2 aromatic carbocycles. The van der Waals surface area contributed by atoms with Gasteiger partial charge in [-0.15, -0.1) is 0 Å². The van der Waals surface area contributed by atoms with E-state index in [0.29, 0.717) is 5.02 Å². The number of halogens is 1. The van der Waals surface area contributed by atoms with Gasteiger partial charge in [0.1, 0.15) is 0 Å². The van der Waals surface area contributed by atoms with Gasteiger partial charge >= 0.3 is 5.97 Å². The Labute approximate surface area is 121 Å². The van der Waals surface area contributed by atoms with E-state index in [2.05, 4.69) is 12.1 Å². The van der Waals surface area contributed by atoms with Gasteiger partial charge in [-0.05, 0) is 23.3 Å². The minimum absolute atomic E-state index is 0.224. The normalized spacial score (nSPS) is 10.4. The van der Waals surface area contributed by atoms with E-state index < -0.39 is 5.97 Å². The van der Waals surface area contributed by atoms with Crippen molar-refractivity contribution in [2.45, 2.75) is 11.5 Å². The average Bonchev–Trinajstić information content (AvgIpc) is 2.41. The van der Waals surface area contributed by atoms with Gasteiger partial charge in [0.25, 0.3) is 0 Å². The van der Waals surface area contributed by atoms with Crippen molar-refractivity contribution in [1.29, 1.82) is 0 Å². The maximum Gasteiger partial charge on any atom is 0.335 e. The van der Waals surface area contributed by atoms with Crippen molar-refractivity contribution >= 4 is 29.3 Å². The Morgan fingerprint density at radius 1 is 1.11 bits per heavy atom. The van der Waals surface area contributed by atoms with E-state index >= 15 is 0 Å². The molecule has 0 saturated carbocycles. The van der Waals surface area contributed by atoms with Crippen molar-refractivity contribution in [2.75, 3.05) is 0 Å². The fraction of sp³-hybridized carbons (Fsp3) is 0.133. The maximum atomic E-state index is 10.8. The molecule has 0 amide bonds. The van der Waals surface area contributed by atoms with E-state index in [1.165, 1.54) is 11.6 Å². The lowest BCUT2D eigenvalue weighted by atomic mass is 10.1. The molecule has 0 fully saturated rings. The molecule has 4 heteroatoms. The fourth-order valence-electron chi connectivity index (χ4n) is 1.65. The van der Waals surface area contributed by atoms with Crippen LogP contribution in [0.4, 0.5) is 0 Å². The second-order valence-corrected chi connectivity index (χ2v) is 5.48. The third kappa shape index (κ3) is 4.01. The average molecular weight is 293 g/mol. The first-order chi connectivity index (χ1) is 9.16. The van der Waals surface area contributed by atoms with Crippen LogP contribution in [-0.2, 0) is 11.5 Å². The van der Waals surface area contributed by atoms with E-state index in [4.69, 9.17) is 16.7 Å². The molecule has 0 aliphatic rings. The summed E-state index contributed by atoms with van der Waals surface area (Å²) in [5, 5.41) is 9.38. The molecule has 2 nitrogen and oxygen atoms in total. The van der Waals surface area contributed by atoms with Crippen LogP contribution in [0.2, 0.25) is 5.02 Å². The third-order valence-electron chi connectivity index (χ3n) is 2.67. The molecule has 0 heterocycles. The molecule has 0 aliphatic heterocycles. The molecule has 0 saturated heterocycles. The van der Waals surface area contributed by atoms with Crippen molar-refractivity contribution < 1.29 is 9.90 Å². The zero-order valence-electron chi connectivity index (χ0n) is 10.2. The van der Waals surface area contributed by atoms with Crippen LogP contribution in [-0.4, -0.2) is 11.1 Å². The highest BCUT2D eigenvalue weighted by molar-refractivity contribution is 7.97. The second-order valence-electron chi connectivity index (χ2n) is 4.09. The summed E-state index contributed by atoms with van der Waals surface area (Å²) in [5.41, 5.74) is 2.46. The number of carboxylic acid groups (broad SMARTS) is 1. The van der Waals surface area contributed by atoms with Crippen LogP contribution >= 0.6 is 23.4 Å². The predicted molar refractivity (Wildman–Crippen MR) is 79.9 cm³/mol. The summed E-state index contributed by atoms with van der Waals surface area (Å²) in [7, 11) is 0. The summed E-state index contributed by atoms with van der Waals surface area (Å²) >= 11 is 7.83. The molecule has 2 rings (SSSR count). The molecule has 0 atom stereocenters. The Hall–Kier alpha value is -1.45. The van der Waals surface area contributed by atoms with Gasteiger partial charge in [0.2, 0.25) is 0 Å². The monoisotopic (exact) mass is 292 g/mol. The van der Waals surface area contributed by atoms with Crippen LogP contribution in [0, 0.1) is 0 Å². The number of thioether (sulfide) groups is 1. The lowest BCUT2D eigenvalue weighted by molar-refractivity contribution is 0.0697. The summed E-state index contributed by atoms with van der Waals surface area (Å²) in [6.45, 7) is 0. The van der Waals surface area contributed by atoms with Crippen LogP contribution in [0.3, 0.4) is 0 Å². The minimum atomic E-state index is -0.953. The highest BCUT2D eigenvalue weighted by Crippen LogP contribution is 2.24. The Morgan fingerprint density at radius 2 is 1.84 bits per heavy atom. The van der Waals surface area contributed by atoms with Gasteiger partial charge in [-0.3, -0.25) is 0 Å². The van der Waals surface area contributed by atoms with Gasteiger partial charge in [0, 0.05) is 16.5 Å². The third-order valence-corrected chi connectivity index (χ3v) is 4.07. The van der Waals surface area contributed by atoms with E-state index in [1.807, 2.05) is 18.2 Å². The van der Waals surface area contributed by atoms with E-state index in [0.717, 1.165) is 17.1 Å². The molecule has 19 heavy (non-hydrogen) atoms. The zero-order valence-corrected chi connectivity index (χ0v) is 11.7. The van der Waals surface area contributed by atoms with Crippen LogP contribution in [0.25, 0.3) is 0 Å². The molecule has 0 radical (unpaired) electrons. The smallest absolute Gasteiger partial charge is 0.335 e. The first kappa shape index (κ1) is 14.0. The summed E-state index contributed by atoms with van der Waals surface area (Å²) in [6, 6.07) is 15.1. The van der Waals surface area contributed by atoms with E-state index in [-0.39, 0.29) is 5.56 Å². The maximum absolute atomic E-state index is 10.8. The molecule has 0 aromatic heterocycles. The van der Waals surface area contributed by atoms with Crippen molar-refractivity contribution in [3.63, 3.8) is 0 Å². The highest BCUT2D eigenvalue weighted by Gasteiger charge is 2.07.